The van der Waals surface area contributed by atoms with E-state index in [-0.39, 0.29) is 0 Å². The Hall–Kier alpha value is -0.530. The van der Waals surface area contributed by atoms with Crippen LogP contribution in [0.1, 0.15) is 71.6 Å². The van der Waals surface area contributed by atoms with Crippen molar-refractivity contribution in [1.82, 2.24) is 0 Å². The molecule has 0 radical (unpaired) electrons. The van der Waals surface area contributed by atoms with Crippen molar-refractivity contribution in [3.8, 4) is 0 Å². The molecule has 2 heteroatoms. The van der Waals surface area contributed by atoms with Gasteiger partial charge in [-0.1, -0.05) is 57.5 Å². The summed E-state index contributed by atoms with van der Waals surface area (Å²) >= 11 is 0. The first-order valence-electron chi connectivity index (χ1n) is 7.07. The molecule has 1 unspecified atom stereocenters. The molecule has 2 nitrogen and oxygen atoms in total. The van der Waals surface area contributed by atoms with Crippen molar-refractivity contribution in [3.05, 3.63) is 0 Å². The number of unbranched alkanes of at least 4 members (excludes halogenated alkanes) is 4. The van der Waals surface area contributed by atoms with E-state index in [1.807, 2.05) is 0 Å². The molecular weight excluding hydrogens is 198 g/mol. The Morgan fingerprint density at radius 2 is 1.81 bits per heavy atom. The van der Waals surface area contributed by atoms with Crippen LogP contribution in [0.2, 0.25) is 0 Å². The van der Waals surface area contributed by atoms with Crippen LogP contribution >= 0.6 is 0 Å². The van der Waals surface area contributed by atoms with Gasteiger partial charge < -0.3 is 4.84 Å². The van der Waals surface area contributed by atoms with Crippen molar-refractivity contribution in [1.29, 1.82) is 0 Å². The SMILES string of the molecule is CCCCCCC(CCCC)C1=NOCC1. The van der Waals surface area contributed by atoms with Crippen LogP contribution in [-0.2, 0) is 4.84 Å². The highest BCUT2D eigenvalue weighted by molar-refractivity contribution is 5.87. The molecule has 0 saturated carbocycles. The molecule has 1 aliphatic rings. The zero-order chi connectivity index (χ0) is 11.6. The van der Waals surface area contributed by atoms with E-state index in [4.69, 9.17) is 4.84 Å². The van der Waals surface area contributed by atoms with Crippen LogP contribution in [0.25, 0.3) is 0 Å². The summed E-state index contributed by atoms with van der Waals surface area (Å²) < 4.78 is 0. The number of rotatable bonds is 9. The molecule has 0 aromatic carbocycles. The van der Waals surface area contributed by atoms with Crippen LogP contribution in [0.4, 0.5) is 0 Å². The maximum atomic E-state index is 5.13. The van der Waals surface area contributed by atoms with Gasteiger partial charge in [-0.15, -0.1) is 0 Å². The summed E-state index contributed by atoms with van der Waals surface area (Å²) in [7, 11) is 0. The van der Waals surface area contributed by atoms with Gasteiger partial charge in [0.05, 0.1) is 5.71 Å². The predicted octanol–water partition coefficient (Wildman–Crippen LogP) is 4.54. The molecule has 1 aliphatic heterocycles. The fourth-order valence-electron chi connectivity index (χ4n) is 2.35. The van der Waals surface area contributed by atoms with Crippen LogP contribution in [-0.4, -0.2) is 12.3 Å². The van der Waals surface area contributed by atoms with Crippen molar-refractivity contribution in [2.45, 2.75) is 71.6 Å². The van der Waals surface area contributed by atoms with Gasteiger partial charge in [0, 0.05) is 12.3 Å². The average Bonchev–Trinajstić information content (AvgIpc) is 2.82. The van der Waals surface area contributed by atoms with Crippen molar-refractivity contribution in [2.75, 3.05) is 6.61 Å². The summed E-state index contributed by atoms with van der Waals surface area (Å²) in [4.78, 5) is 5.13. The Labute approximate surface area is 100 Å². The van der Waals surface area contributed by atoms with E-state index in [1.165, 1.54) is 57.1 Å². The second-order valence-electron chi connectivity index (χ2n) is 4.85. The fourth-order valence-corrected chi connectivity index (χ4v) is 2.35. The highest BCUT2D eigenvalue weighted by Gasteiger charge is 2.19. The molecule has 0 amide bonds. The van der Waals surface area contributed by atoms with E-state index < -0.39 is 0 Å². The lowest BCUT2D eigenvalue weighted by molar-refractivity contribution is 0.173. The van der Waals surface area contributed by atoms with Crippen molar-refractivity contribution >= 4 is 5.71 Å². The minimum atomic E-state index is 0.708. The molecule has 0 fully saturated rings. The lowest BCUT2D eigenvalue weighted by Gasteiger charge is -2.15. The second-order valence-corrected chi connectivity index (χ2v) is 4.85. The quantitative estimate of drug-likeness (QED) is 0.528. The van der Waals surface area contributed by atoms with Crippen LogP contribution in [0.3, 0.4) is 0 Å². The summed E-state index contributed by atoms with van der Waals surface area (Å²) in [5.74, 6) is 0.708. The van der Waals surface area contributed by atoms with Crippen LogP contribution in [0.15, 0.2) is 5.16 Å². The first-order chi connectivity index (χ1) is 7.88. The largest absolute Gasteiger partial charge is 0.395 e. The zero-order valence-electron chi connectivity index (χ0n) is 11.0. The summed E-state index contributed by atoms with van der Waals surface area (Å²) in [5, 5.41) is 4.20. The predicted molar refractivity (Wildman–Crippen MR) is 69.8 cm³/mol. The molecule has 0 N–H and O–H groups in total. The normalized spacial score (nSPS) is 17.0. The third kappa shape index (κ3) is 5.00. The van der Waals surface area contributed by atoms with Crippen molar-refractivity contribution in [3.63, 3.8) is 0 Å². The Bertz CT molecular complexity index is 201. The number of hydrogen-bond acceptors (Lipinski definition) is 2. The lowest BCUT2D eigenvalue weighted by Crippen LogP contribution is -2.13. The molecule has 1 atom stereocenters. The molecule has 0 bridgehead atoms. The molecule has 0 spiro atoms. The first kappa shape index (κ1) is 13.5. The fraction of sp³-hybridized carbons (Fsp3) is 0.929. The number of hydrogen-bond donors (Lipinski definition) is 0. The Balaban J connectivity index is 2.25. The van der Waals surface area contributed by atoms with E-state index >= 15 is 0 Å². The van der Waals surface area contributed by atoms with E-state index in [9.17, 15) is 0 Å². The molecule has 16 heavy (non-hydrogen) atoms. The molecule has 0 aromatic heterocycles. The second kappa shape index (κ2) is 8.60. The van der Waals surface area contributed by atoms with Gasteiger partial charge >= 0.3 is 0 Å². The summed E-state index contributed by atoms with van der Waals surface area (Å²) in [6, 6.07) is 0. The molecule has 1 heterocycles. The standard InChI is InChI=1S/C14H27NO/c1-3-5-7-8-10-13(9-6-4-2)14-11-12-16-15-14/h13H,3-12H2,1-2H3. The van der Waals surface area contributed by atoms with Gasteiger partial charge in [-0.25, -0.2) is 0 Å². The highest BCUT2D eigenvalue weighted by atomic mass is 16.6. The Morgan fingerprint density at radius 3 is 2.44 bits per heavy atom. The molecule has 0 aliphatic carbocycles. The minimum Gasteiger partial charge on any atom is -0.395 e. The summed E-state index contributed by atoms with van der Waals surface area (Å²) in [6.45, 7) is 5.34. The lowest BCUT2D eigenvalue weighted by atomic mass is 9.90. The van der Waals surface area contributed by atoms with E-state index in [2.05, 4.69) is 19.0 Å². The molecule has 0 aromatic rings. The average molecular weight is 225 g/mol. The van der Waals surface area contributed by atoms with Crippen molar-refractivity contribution in [2.24, 2.45) is 11.1 Å². The Kier molecular flexibility index (Phi) is 7.28. The van der Waals surface area contributed by atoms with Gasteiger partial charge in [-0.3, -0.25) is 0 Å². The monoisotopic (exact) mass is 225 g/mol. The Morgan fingerprint density at radius 1 is 1.06 bits per heavy atom. The number of nitrogens with zero attached hydrogens (tertiary/aromatic N) is 1. The van der Waals surface area contributed by atoms with Gasteiger partial charge in [0.1, 0.15) is 6.61 Å². The zero-order valence-corrected chi connectivity index (χ0v) is 11.0. The first-order valence-corrected chi connectivity index (χ1v) is 7.07. The molecular formula is C14H27NO. The maximum Gasteiger partial charge on any atom is 0.122 e. The van der Waals surface area contributed by atoms with Gasteiger partial charge in [0.25, 0.3) is 0 Å². The van der Waals surface area contributed by atoms with Gasteiger partial charge in [-0.05, 0) is 12.8 Å². The number of oxime groups is 1. The van der Waals surface area contributed by atoms with Crippen LogP contribution in [0, 0.1) is 5.92 Å². The van der Waals surface area contributed by atoms with Crippen LogP contribution < -0.4 is 0 Å². The van der Waals surface area contributed by atoms with Gasteiger partial charge in [-0.2, -0.15) is 0 Å². The third-order valence-corrected chi connectivity index (χ3v) is 3.41. The smallest absolute Gasteiger partial charge is 0.122 e. The minimum absolute atomic E-state index is 0.708. The van der Waals surface area contributed by atoms with Crippen molar-refractivity contribution < 1.29 is 4.84 Å². The van der Waals surface area contributed by atoms with E-state index in [1.54, 1.807) is 0 Å². The molecule has 1 rings (SSSR count). The highest BCUT2D eigenvalue weighted by Crippen LogP contribution is 2.22. The third-order valence-electron chi connectivity index (χ3n) is 3.41. The van der Waals surface area contributed by atoms with Gasteiger partial charge in [0.15, 0.2) is 0 Å². The summed E-state index contributed by atoms with van der Waals surface area (Å²) in [5.41, 5.74) is 1.34. The molecule has 94 valence electrons. The van der Waals surface area contributed by atoms with Gasteiger partial charge in [0.2, 0.25) is 0 Å². The summed E-state index contributed by atoms with van der Waals surface area (Å²) in [6.07, 6.45) is 11.8. The maximum absolute atomic E-state index is 5.13. The van der Waals surface area contributed by atoms with E-state index in [0.717, 1.165) is 13.0 Å². The van der Waals surface area contributed by atoms with E-state index in [0.29, 0.717) is 5.92 Å². The van der Waals surface area contributed by atoms with Crippen LogP contribution in [0.5, 0.6) is 0 Å². The molecule has 0 saturated heterocycles. The topological polar surface area (TPSA) is 21.6 Å².